The normalized spacial score (nSPS) is 21.6. The van der Waals surface area contributed by atoms with Crippen LogP contribution in [0.25, 0.3) is 0 Å². The molecule has 0 unspecified atom stereocenters. The molecule has 36 heavy (non-hydrogen) atoms. The lowest BCUT2D eigenvalue weighted by Gasteiger charge is -2.25. The number of aromatic nitrogens is 2. The topological polar surface area (TPSA) is 91.6 Å². The zero-order valence-corrected chi connectivity index (χ0v) is 20.0. The predicted octanol–water partition coefficient (Wildman–Crippen LogP) is 4.82. The minimum Gasteiger partial charge on any atom is -0.384 e. The fourth-order valence-electron chi connectivity index (χ4n) is 4.43. The van der Waals surface area contributed by atoms with Crippen LogP contribution < -0.4 is 5.73 Å². The molecule has 3 N–H and O–H groups in total. The van der Waals surface area contributed by atoms with Gasteiger partial charge in [-0.1, -0.05) is 91.0 Å². The number of H-pyrrole nitrogens is 1. The first-order valence-electron chi connectivity index (χ1n) is 12.1. The van der Waals surface area contributed by atoms with Gasteiger partial charge in [0.15, 0.2) is 0 Å². The molecule has 1 aromatic heterocycles. The Morgan fingerprint density at radius 1 is 0.722 bits per heavy atom. The van der Waals surface area contributed by atoms with Crippen LogP contribution >= 0.6 is 0 Å². The minimum absolute atomic E-state index is 0.350. The van der Waals surface area contributed by atoms with Crippen molar-refractivity contribution in [2.24, 2.45) is 0 Å². The molecule has 7 nitrogen and oxygen atoms in total. The van der Waals surface area contributed by atoms with Gasteiger partial charge in [0.05, 0.1) is 32.6 Å². The van der Waals surface area contributed by atoms with Crippen molar-refractivity contribution < 1.29 is 18.9 Å². The summed E-state index contributed by atoms with van der Waals surface area (Å²) in [5.41, 5.74) is 10.2. The van der Waals surface area contributed by atoms with Crippen molar-refractivity contribution in [2.75, 3.05) is 12.3 Å². The zero-order chi connectivity index (χ0) is 24.6. The van der Waals surface area contributed by atoms with Crippen LogP contribution in [0.5, 0.6) is 0 Å². The van der Waals surface area contributed by atoms with Gasteiger partial charge in [-0.05, 0) is 16.7 Å². The highest BCUT2D eigenvalue weighted by molar-refractivity contribution is 5.40. The van der Waals surface area contributed by atoms with Crippen molar-refractivity contribution in [1.29, 1.82) is 0 Å². The second-order valence-corrected chi connectivity index (χ2v) is 8.86. The van der Waals surface area contributed by atoms with Crippen molar-refractivity contribution >= 4 is 5.82 Å². The average Bonchev–Trinajstić information content (AvgIpc) is 3.50. The van der Waals surface area contributed by atoms with Crippen molar-refractivity contribution in [2.45, 2.75) is 44.2 Å². The van der Waals surface area contributed by atoms with Crippen molar-refractivity contribution in [3.8, 4) is 0 Å². The molecule has 3 aromatic carbocycles. The Balaban J connectivity index is 1.36. The van der Waals surface area contributed by atoms with Crippen LogP contribution in [-0.2, 0) is 38.8 Å². The quantitative estimate of drug-likeness (QED) is 0.317. The fraction of sp³-hybridized carbons (Fsp3) is 0.276. The van der Waals surface area contributed by atoms with E-state index in [9.17, 15) is 0 Å². The molecule has 186 valence electrons. The largest absolute Gasteiger partial charge is 0.384 e. The Bertz CT molecular complexity index is 1190. The van der Waals surface area contributed by atoms with Crippen LogP contribution in [0.3, 0.4) is 0 Å². The third-order valence-corrected chi connectivity index (χ3v) is 6.28. The summed E-state index contributed by atoms with van der Waals surface area (Å²) < 4.78 is 25.5. The summed E-state index contributed by atoms with van der Waals surface area (Å²) in [6.45, 7) is 1.70. The van der Waals surface area contributed by atoms with Crippen LogP contribution in [0, 0.1) is 0 Å². The molecule has 0 spiro atoms. The Kier molecular flexibility index (Phi) is 8.05. The van der Waals surface area contributed by atoms with E-state index in [0.29, 0.717) is 32.2 Å². The number of hydrogen-bond acceptors (Lipinski definition) is 6. The number of nitrogens with one attached hydrogen (secondary N) is 1. The zero-order valence-electron chi connectivity index (χ0n) is 20.0. The molecule has 0 bridgehead atoms. The molecule has 1 fully saturated rings. The lowest BCUT2D eigenvalue weighted by molar-refractivity contribution is -0.0898. The van der Waals surface area contributed by atoms with Gasteiger partial charge in [0.25, 0.3) is 0 Å². The number of benzene rings is 3. The predicted molar refractivity (Wildman–Crippen MR) is 137 cm³/mol. The summed E-state index contributed by atoms with van der Waals surface area (Å²) in [5, 5.41) is 6.92. The third kappa shape index (κ3) is 6.01. The first-order valence-corrected chi connectivity index (χ1v) is 12.1. The molecule has 0 aliphatic carbocycles. The number of ether oxygens (including phenoxy) is 4. The molecule has 4 aromatic rings. The second kappa shape index (κ2) is 12.0. The van der Waals surface area contributed by atoms with Crippen LogP contribution in [0.4, 0.5) is 5.82 Å². The molecule has 1 saturated heterocycles. The van der Waals surface area contributed by atoms with Gasteiger partial charge in [-0.2, -0.15) is 5.10 Å². The molecule has 0 amide bonds. The minimum atomic E-state index is -0.446. The van der Waals surface area contributed by atoms with E-state index in [1.165, 1.54) is 0 Å². The molecule has 5 rings (SSSR count). The SMILES string of the molecule is Nc1[nH]ncc1[C@H]1O[C@@H](COCc2ccccc2)[C@H](OCc2ccccc2)[C@@H]1OCc1ccccc1. The Morgan fingerprint density at radius 2 is 1.25 bits per heavy atom. The van der Waals surface area contributed by atoms with Crippen LogP contribution in [0.15, 0.2) is 97.2 Å². The lowest BCUT2D eigenvalue weighted by Crippen LogP contribution is -2.37. The molecule has 1 aliphatic heterocycles. The highest BCUT2D eigenvalue weighted by Gasteiger charge is 2.48. The molecule has 4 atom stereocenters. The lowest BCUT2D eigenvalue weighted by atomic mass is 10.0. The maximum Gasteiger partial charge on any atom is 0.124 e. The van der Waals surface area contributed by atoms with E-state index in [-0.39, 0.29) is 12.2 Å². The maximum absolute atomic E-state index is 6.51. The number of anilines is 1. The monoisotopic (exact) mass is 485 g/mol. The number of aromatic amines is 1. The Morgan fingerprint density at radius 3 is 1.78 bits per heavy atom. The number of nitrogens with two attached hydrogens (primary N) is 1. The van der Waals surface area contributed by atoms with E-state index in [1.54, 1.807) is 6.20 Å². The number of nitrogen functional groups attached to an aromatic ring is 1. The van der Waals surface area contributed by atoms with E-state index in [0.717, 1.165) is 22.3 Å². The summed E-state index contributed by atoms with van der Waals surface area (Å²) in [4.78, 5) is 0. The summed E-state index contributed by atoms with van der Waals surface area (Å²) >= 11 is 0. The number of hydrogen-bond donors (Lipinski definition) is 2. The van der Waals surface area contributed by atoms with Gasteiger partial charge in [-0.15, -0.1) is 0 Å². The summed E-state index contributed by atoms with van der Waals surface area (Å²) in [6, 6.07) is 30.2. The van der Waals surface area contributed by atoms with Crippen molar-refractivity contribution in [3.05, 3.63) is 119 Å². The number of rotatable bonds is 11. The van der Waals surface area contributed by atoms with Crippen LogP contribution in [0.1, 0.15) is 28.4 Å². The van der Waals surface area contributed by atoms with Gasteiger partial charge in [0, 0.05) is 5.56 Å². The van der Waals surface area contributed by atoms with Crippen LogP contribution in [0.2, 0.25) is 0 Å². The highest BCUT2D eigenvalue weighted by atomic mass is 16.6. The second-order valence-electron chi connectivity index (χ2n) is 8.86. The van der Waals surface area contributed by atoms with Crippen molar-refractivity contribution in [1.82, 2.24) is 10.2 Å². The van der Waals surface area contributed by atoms with E-state index >= 15 is 0 Å². The van der Waals surface area contributed by atoms with E-state index in [4.69, 9.17) is 24.7 Å². The standard InChI is InChI=1S/C29H31N3O4/c30-29-24(16-31-32-29)26-28(35-19-23-14-8-3-9-15-23)27(34-18-22-12-6-2-7-13-22)25(36-26)20-33-17-21-10-4-1-5-11-21/h1-16,25-28H,17-20H2,(H3,30,31,32)/t25-,26+,27-,28+/m0/s1. The molecular formula is C29H31N3O4. The summed E-state index contributed by atoms with van der Waals surface area (Å²) in [6.07, 6.45) is 0.125. The maximum atomic E-state index is 6.51. The first-order chi connectivity index (χ1) is 17.8. The molecule has 0 saturated carbocycles. The smallest absolute Gasteiger partial charge is 0.124 e. The van der Waals surface area contributed by atoms with E-state index < -0.39 is 12.2 Å². The highest BCUT2D eigenvalue weighted by Crippen LogP contribution is 2.40. The van der Waals surface area contributed by atoms with Gasteiger partial charge in [-0.25, -0.2) is 0 Å². The first kappa shape index (κ1) is 24.2. The van der Waals surface area contributed by atoms with Gasteiger partial charge in [-0.3, -0.25) is 5.10 Å². The van der Waals surface area contributed by atoms with Crippen LogP contribution in [-0.4, -0.2) is 35.1 Å². The summed E-state index contributed by atoms with van der Waals surface area (Å²) in [7, 11) is 0. The van der Waals surface area contributed by atoms with Gasteiger partial charge < -0.3 is 24.7 Å². The Labute approximate surface area is 211 Å². The Hall–Kier alpha value is -3.49. The third-order valence-electron chi connectivity index (χ3n) is 6.28. The fourth-order valence-corrected chi connectivity index (χ4v) is 4.43. The summed E-state index contributed by atoms with van der Waals surface area (Å²) in [5.74, 6) is 0.459. The number of nitrogens with zero attached hydrogens (tertiary/aromatic N) is 1. The van der Waals surface area contributed by atoms with Gasteiger partial charge in [0.2, 0.25) is 0 Å². The molecule has 1 aliphatic rings. The van der Waals surface area contributed by atoms with E-state index in [2.05, 4.69) is 10.2 Å². The van der Waals surface area contributed by atoms with Crippen molar-refractivity contribution in [3.63, 3.8) is 0 Å². The molecular weight excluding hydrogens is 454 g/mol. The molecule has 0 radical (unpaired) electrons. The molecule has 2 heterocycles. The molecule has 7 heteroatoms. The average molecular weight is 486 g/mol. The van der Waals surface area contributed by atoms with Gasteiger partial charge >= 0.3 is 0 Å². The van der Waals surface area contributed by atoms with E-state index in [1.807, 2.05) is 91.0 Å². The van der Waals surface area contributed by atoms with Gasteiger partial charge in [0.1, 0.15) is 30.2 Å².